The quantitative estimate of drug-likeness (QED) is 0.651. The van der Waals surface area contributed by atoms with Crippen LogP contribution in [-0.4, -0.2) is 35.9 Å². The minimum atomic E-state index is 0.208. The fourth-order valence-electron chi connectivity index (χ4n) is 1.94. The molecule has 0 saturated heterocycles. The Morgan fingerprint density at radius 3 is 2.50 bits per heavy atom. The van der Waals surface area contributed by atoms with E-state index in [1.807, 2.05) is 37.7 Å². The van der Waals surface area contributed by atoms with Crippen LogP contribution in [0.5, 0.6) is 5.75 Å². The number of hydrogen-bond donors (Lipinski definition) is 2. The van der Waals surface area contributed by atoms with E-state index < -0.39 is 0 Å². The highest BCUT2D eigenvalue weighted by Gasteiger charge is 2.10. The van der Waals surface area contributed by atoms with Gasteiger partial charge in [0.25, 0.3) is 0 Å². The molecule has 0 aromatic heterocycles. The van der Waals surface area contributed by atoms with Crippen molar-refractivity contribution in [3.8, 4) is 5.75 Å². The van der Waals surface area contributed by atoms with Crippen LogP contribution in [0.2, 0.25) is 0 Å². The number of hydrogen-bond acceptors (Lipinski definition) is 4. The average molecular weight is 297 g/mol. The third kappa shape index (κ3) is 6.64. The second-order valence-electron chi connectivity index (χ2n) is 5.00. The third-order valence-corrected chi connectivity index (χ3v) is 3.98. The van der Waals surface area contributed by atoms with Crippen LogP contribution in [0.3, 0.4) is 0 Å². The minimum Gasteiger partial charge on any atom is -0.491 e. The fourth-order valence-corrected chi connectivity index (χ4v) is 2.98. The first-order valence-electron chi connectivity index (χ1n) is 7.36. The van der Waals surface area contributed by atoms with E-state index in [0.717, 1.165) is 30.2 Å². The Balaban J connectivity index is 2.56. The molecule has 0 amide bonds. The molecule has 1 unspecified atom stereocenters. The molecule has 20 heavy (non-hydrogen) atoms. The van der Waals surface area contributed by atoms with Gasteiger partial charge < -0.3 is 15.2 Å². The van der Waals surface area contributed by atoms with Crippen LogP contribution < -0.4 is 10.1 Å². The Morgan fingerprint density at radius 2 is 1.95 bits per heavy atom. The molecule has 1 aromatic rings. The van der Waals surface area contributed by atoms with Gasteiger partial charge in [-0.05, 0) is 50.3 Å². The molecule has 3 nitrogen and oxygen atoms in total. The first-order valence-corrected chi connectivity index (χ1v) is 8.51. The lowest BCUT2D eigenvalue weighted by atomic mass is 10.1. The number of nitrogens with one attached hydrogen (secondary N) is 1. The van der Waals surface area contributed by atoms with Gasteiger partial charge in [-0.1, -0.05) is 19.1 Å². The van der Waals surface area contributed by atoms with E-state index in [-0.39, 0.29) is 12.7 Å². The van der Waals surface area contributed by atoms with Gasteiger partial charge in [0.2, 0.25) is 0 Å². The molecule has 114 valence electrons. The van der Waals surface area contributed by atoms with E-state index in [1.54, 1.807) is 0 Å². The van der Waals surface area contributed by atoms with Gasteiger partial charge in [-0.15, -0.1) is 0 Å². The van der Waals surface area contributed by atoms with Crippen LogP contribution in [-0.2, 0) is 0 Å². The van der Waals surface area contributed by atoms with E-state index in [4.69, 9.17) is 9.84 Å². The van der Waals surface area contributed by atoms with Crippen molar-refractivity contribution in [3.05, 3.63) is 29.8 Å². The summed E-state index contributed by atoms with van der Waals surface area (Å²) in [7, 11) is 0. The summed E-state index contributed by atoms with van der Waals surface area (Å²) < 4.78 is 5.67. The Labute approximate surface area is 127 Å². The molecule has 1 rings (SSSR count). The molecule has 1 aromatic carbocycles. The Hall–Kier alpha value is -0.710. The molecule has 0 radical (unpaired) electrons. The topological polar surface area (TPSA) is 41.5 Å². The van der Waals surface area contributed by atoms with E-state index in [2.05, 4.69) is 24.4 Å². The van der Waals surface area contributed by atoms with Gasteiger partial charge >= 0.3 is 0 Å². The average Bonchev–Trinajstić information content (AvgIpc) is 2.43. The van der Waals surface area contributed by atoms with E-state index in [9.17, 15) is 0 Å². The highest BCUT2D eigenvalue weighted by Crippen LogP contribution is 2.22. The summed E-state index contributed by atoms with van der Waals surface area (Å²) >= 11 is 1.88. The smallest absolute Gasteiger partial charge is 0.119 e. The van der Waals surface area contributed by atoms with Crippen molar-refractivity contribution < 1.29 is 9.84 Å². The molecule has 1 atom stereocenters. The van der Waals surface area contributed by atoms with Gasteiger partial charge in [0.05, 0.1) is 6.10 Å². The lowest BCUT2D eigenvalue weighted by Crippen LogP contribution is -2.23. The van der Waals surface area contributed by atoms with Crippen molar-refractivity contribution in [1.82, 2.24) is 5.32 Å². The summed E-state index contributed by atoms with van der Waals surface area (Å²) in [5.41, 5.74) is 1.29. The van der Waals surface area contributed by atoms with Crippen molar-refractivity contribution in [3.63, 3.8) is 0 Å². The molecular weight excluding hydrogens is 270 g/mol. The van der Waals surface area contributed by atoms with Crippen LogP contribution in [0.4, 0.5) is 0 Å². The summed E-state index contributed by atoms with van der Waals surface area (Å²) in [5, 5.41) is 12.3. The standard InChI is InChI=1S/C16H27NO2S/c1-4-17-16(12-20-11-5-10-18)14-6-8-15(9-7-14)19-13(2)3/h6-9,13,16-18H,4-5,10-12H2,1-3H3. The highest BCUT2D eigenvalue weighted by atomic mass is 32.2. The lowest BCUT2D eigenvalue weighted by Gasteiger charge is -2.19. The highest BCUT2D eigenvalue weighted by molar-refractivity contribution is 7.99. The maximum atomic E-state index is 8.81. The van der Waals surface area contributed by atoms with Gasteiger partial charge in [0.15, 0.2) is 0 Å². The van der Waals surface area contributed by atoms with Crippen LogP contribution in [0.25, 0.3) is 0 Å². The number of thioether (sulfide) groups is 1. The first kappa shape index (κ1) is 17.3. The molecule has 0 heterocycles. The lowest BCUT2D eigenvalue weighted by molar-refractivity contribution is 0.242. The van der Waals surface area contributed by atoms with Crippen molar-refractivity contribution in [2.45, 2.75) is 39.3 Å². The molecule has 0 saturated carbocycles. The van der Waals surface area contributed by atoms with Gasteiger partial charge in [-0.3, -0.25) is 0 Å². The number of ether oxygens (including phenoxy) is 1. The van der Waals surface area contributed by atoms with E-state index in [0.29, 0.717) is 6.04 Å². The Morgan fingerprint density at radius 1 is 1.25 bits per heavy atom. The number of aliphatic hydroxyl groups excluding tert-OH is 1. The zero-order valence-electron chi connectivity index (χ0n) is 12.8. The normalized spacial score (nSPS) is 12.7. The van der Waals surface area contributed by atoms with Crippen LogP contribution in [0.1, 0.15) is 38.8 Å². The molecule has 0 bridgehead atoms. The second kappa shape index (κ2) is 10.1. The van der Waals surface area contributed by atoms with Crippen molar-refractivity contribution in [2.75, 3.05) is 24.7 Å². The maximum Gasteiger partial charge on any atom is 0.119 e. The fraction of sp³-hybridized carbons (Fsp3) is 0.625. The Bertz CT molecular complexity index is 354. The van der Waals surface area contributed by atoms with Gasteiger partial charge in [0.1, 0.15) is 5.75 Å². The number of benzene rings is 1. The summed E-state index contributed by atoms with van der Waals surface area (Å²) in [6.45, 7) is 7.43. The second-order valence-corrected chi connectivity index (χ2v) is 6.15. The van der Waals surface area contributed by atoms with E-state index >= 15 is 0 Å². The van der Waals surface area contributed by atoms with Crippen LogP contribution in [0.15, 0.2) is 24.3 Å². The number of aliphatic hydroxyl groups is 1. The monoisotopic (exact) mass is 297 g/mol. The molecular formula is C16H27NO2S. The summed E-state index contributed by atoms with van der Waals surface area (Å²) in [5.74, 6) is 2.96. The zero-order chi connectivity index (χ0) is 14.8. The molecule has 0 aliphatic carbocycles. The number of rotatable bonds is 10. The van der Waals surface area contributed by atoms with Crippen molar-refractivity contribution in [1.29, 1.82) is 0 Å². The summed E-state index contributed by atoms with van der Waals surface area (Å²) in [6, 6.07) is 8.71. The molecule has 0 fully saturated rings. The molecule has 2 N–H and O–H groups in total. The first-order chi connectivity index (χ1) is 9.67. The van der Waals surface area contributed by atoms with Crippen molar-refractivity contribution in [2.24, 2.45) is 0 Å². The van der Waals surface area contributed by atoms with Gasteiger partial charge in [-0.2, -0.15) is 11.8 Å². The molecule has 0 aliphatic heterocycles. The zero-order valence-corrected chi connectivity index (χ0v) is 13.6. The minimum absolute atomic E-state index is 0.208. The van der Waals surface area contributed by atoms with Crippen molar-refractivity contribution >= 4 is 11.8 Å². The summed E-state index contributed by atoms with van der Waals surface area (Å²) in [4.78, 5) is 0. The predicted octanol–water partition coefficient (Wildman–Crippen LogP) is 3.24. The van der Waals surface area contributed by atoms with Gasteiger partial charge in [-0.25, -0.2) is 0 Å². The van der Waals surface area contributed by atoms with Crippen LogP contribution in [0, 0.1) is 0 Å². The molecule has 4 heteroatoms. The maximum absolute atomic E-state index is 8.81. The molecule has 0 aliphatic rings. The molecule has 0 spiro atoms. The predicted molar refractivity (Wildman–Crippen MR) is 87.7 cm³/mol. The van der Waals surface area contributed by atoms with Crippen LogP contribution >= 0.6 is 11.8 Å². The largest absolute Gasteiger partial charge is 0.491 e. The third-order valence-electron chi connectivity index (χ3n) is 2.84. The Kier molecular flexibility index (Phi) is 8.74. The summed E-state index contributed by atoms with van der Waals surface area (Å²) in [6.07, 6.45) is 1.07. The van der Waals surface area contributed by atoms with Gasteiger partial charge in [0, 0.05) is 18.4 Å². The SMILES string of the molecule is CCNC(CSCCCO)c1ccc(OC(C)C)cc1. The van der Waals surface area contributed by atoms with E-state index in [1.165, 1.54) is 5.56 Å².